The number of allylic oxidation sites excluding steroid dienone is 6. The lowest BCUT2D eigenvalue weighted by Gasteiger charge is -2.22. The van der Waals surface area contributed by atoms with Gasteiger partial charge in [-0.25, -0.2) is 0 Å². The second-order valence-electron chi connectivity index (χ2n) is 18.7. The van der Waals surface area contributed by atoms with Crippen LogP contribution >= 0.6 is 0 Å². The fourth-order valence-electron chi connectivity index (χ4n) is 8.49. The normalized spacial score (nSPS) is 13.1. The van der Waals surface area contributed by atoms with E-state index in [0.29, 0.717) is 12.8 Å². The number of rotatable bonds is 50. The third-order valence-electron chi connectivity index (χ3n) is 12.7. The average molecular weight is 842 g/mol. The monoisotopic (exact) mass is 842 g/mol. The molecule has 354 valence electrons. The molecular weight excluding hydrogens is 735 g/mol. The first-order chi connectivity index (χ1) is 29.7. The van der Waals surface area contributed by atoms with E-state index < -0.39 is 12.1 Å². The Hall–Kier alpha value is -1.39. The second kappa shape index (κ2) is 52.0. The summed E-state index contributed by atoms with van der Waals surface area (Å²) in [6.45, 7) is 4.37. The predicted octanol–water partition coefficient (Wildman–Crippen LogP) is 17.7. The van der Waals surface area contributed by atoms with Crippen LogP contribution in [0.25, 0.3) is 0 Å². The quantitative estimate of drug-likeness (QED) is 0.0422. The van der Waals surface area contributed by atoms with Crippen LogP contribution in [0.5, 0.6) is 0 Å². The third-order valence-corrected chi connectivity index (χ3v) is 12.7. The van der Waals surface area contributed by atoms with Gasteiger partial charge in [0.1, 0.15) is 0 Å². The molecule has 0 saturated carbocycles. The fourth-order valence-corrected chi connectivity index (χ4v) is 8.49. The van der Waals surface area contributed by atoms with E-state index in [-0.39, 0.29) is 12.5 Å². The van der Waals surface area contributed by atoms with Crippen LogP contribution in [0, 0.1) is 0 Å². The lowest BCUT2D eigenvalue weighted by molar-refractivity contribution is -0.123. The highest BCUT2D eigenvalue weighted by molar-refractivity contribution is 5.76. The van der Waals surface area contributed by atoms with Crippen molar-refractivity contribution >= 4 is 5.91 Å². The van der Waals surface area contributed by atoms with Crippen molar-refractivity contribution in [2.45, 2.75) is 309 Å². The van der Waals surface area contributed by atoms with E-state index in [0.717, 1.165) is 38.5 Å². The van der Waals surface area contributed by atoms with E-state index in [1.165, 1.54) is 231 Å². The molecule has 0 saturated heterocycles. The maximum absolute atomic E-state index is 12.5. The Morgan fingerprint density at radius 2 is 0.683 bits per heavy atom. The largest absolute Gasteiger partial charge is 0.394 e. The van der Waals surface area contributed by atoms with Crippen molar-refractivity contribution in [2.24, 2.45) is 0 Å². The van der Waals surface area contributed by atoms with Crippen molar-refractivity contribution in [1.29, 1.82) is 0 Å². The fraction of sp³-hybridized carbons (Fsp3) is 0.875. The Bertz CT molecular complexity index is 912. The molecule has 0 aromatic heterocycles. The minimum Gasteiger partial charge on any atom is -0.394 e. The third kappa shape index (κ3) is 47.7. The lowest BCUT2D eigenvalue weighted by Crippen LogP contribution is -2.45. The number of hydrogen-bond acceptors (Lipinski definition) is 3. The highest BCUT2D eigenvalue weighted by Crippen LogP contribution is 2.17. The number of amides is 1. The summed E-state index contributed by atoms with van der Waals surface area (Å²) in [4.78, 5) is 12.5. The standard InChI is InChI=1S/C56H107NO3/c1-3-5-7-9-11-13-15-17-19-21-23-25-27-28-30-31-33-35-37-39-41-43-45-47-49-51-55(59)54(53-58)57-56(60)52-50-48-46-44-42-40-38-36-34-32-29-26-24-22-20-18-16-14-12-10-8-6-4-2/h16,18,22,24,29,32,54-55,58-59H,3-15,17,19-21,23,25-28,30-31,33-53H2,1-2H3,(H,57,60)/b18-16-,24-22-,32-29-. The van der Waals surface area contributed by atoms with Crippen molar-refractivity contribution in [1.82, 2.24) is 5.32 Å². The Morgan fingerprint density at radius 3 is 1.02 bits per heavy atom. The lowest BCUT2D eigenvalue weighted by atomic mass is 10.0. The summed E-state index contributed by atoms with van der Waals surface area (Å²) in [7, 11) is 0. The van der Waals surface area contributed by atoms with Crippen LogP contribution in [0.1, 0.15) is 296 Å². The summed E-state index contributed by atoms with van der Waals surface area (Å²) in [6, 6.07) is -0.542. The zero-order chi connectivity index (χ0) is 43.5. The van der Waals surface area contributed by atoms with Gasteiger partial charge in [0.2, 0.25) is 5.91 Å². The van der Waals surface area contributed by atoms with Crippen LogP contribution in [-0.4, -0.2) is 34.9 Å². The summed E-state index contributed by atoms with van der Waals surface area (Å²) in [5, 5.41) is 23.3. The summed E-state index contributed by atoms with van der Waals surface area (Å²) >= 11 is 0. The maximum Gasteiger partial charge on any atom is 0.220 e. The number of nitrogens with one attached hydrogen (secondary N) is 1. The first kappa shape index (κ1) is 58.6. The second-order valence-corrected chi connectivity index (χ2v) is 18.7. The van der Waals surface area contributed by atoms with Crippen molar-refractivity contribution in [3.63, 3.8) is 0 Å². The average Bonchev–Trinajstić information content (AvgIpc) is 3.25. The Labute approximate surface area is 376 Å². The molecule has 0 aliphatic heterocycles. The number of hydrogen-bond donors (Lipinski definition) is 3. The molecule has 4 heteroatoms. The zero-order valence-electron chi connectivity index (χ0n) is 40.7. The van der Waals surface area contributed by atoms with Gasteiger partial charge < -0.3 is 15.5 Å². The van der Waals surface area contributed by atoms with Gasteiger partial charge in [0, 0.05) is 6.42 Å². The van der Waals surface area contributed by atoms with E-state index in [2.05, 4.69) is 55.6 Å². The van der Waals surface area contributed by atoms with Crippen molar-refractivity contribution in [3.8, 4) is 0 Å². The molecule has 0 aromatic rings. The van der Waals surface area contributed by atoms with Crippen LogP contribution in [0.4, 0.5) is 0 Å². The van der Waals surface area contributed by atoms with Crippen molar-refractivity contribution < 1.29 is 15.0 Å². The minimum absolute atomic E-state index is 0.0354. The molecule has 60 heavy (non-hydrogen) atoms. The highest BCUT2D eigenvalue weighted by atomic mass is 16.3. The van der Waals surface area contributed by atoms with Gasteiger partial charge in [-0.2, -0.15) is 0 Å². The van der Waals surface area contributed by atoms with Gasteiger partial charge in [0.15, 0.2) is 0 Å². The van der Waals surface area contributed by atoms with Gasteiger partial charge in [0.25, 0.3) is 0 Å². The highest BCUT2D eigenvalue weighted by Gasteiger charge is 2.20. The van der Waals surface area contributed by atoms with Crippen molar-refractivity contribution in [3.05, 3.63) is 36.5 Å². The van der Waals surface area contributed by atoms with E-state index in [1.54, 1.807) is 0 Å². The van der Waals surface area contributed by atoms with Crippen molar-refractivity contribution in [2.75, 3.05) is 6.61 Å². The van der Waals surface area contributed by atoms with Crippen LogP contribution in [0.3, 0.4) is 0 Å². The number of unbranched alkanes of at least 4 members (excludes halogenated alkanes) is 37. The molecule has 0 rings (SSSR count). The molecule has 0 fully saturated rings. The number of aliphatic hydroxyl groups excluding tert-OH is 2. The molecule has 2 atom stereocenters. The molecule has 1 amide bonds. The maximum atomic E-state index is 12.5. The molecule has 0 aliphatic rings. The molecule has 4 nitrogen and oxygen atoms in total. The van der Waals surface area contributed by atoms with Crippen LogP contribution in [-0.2, 0) is 4.79 Å². The molecular formula is C56H107NO3. The molecule has 0 radical (unpaired) electrons. The predicted molar refractivity (Wildman–Crippen MR) is 267 cm³/mol. The number of carbonyl (C=O) groups excluding carboxylic acids is 1. The summed E-state index contributed by atoms with van der Waals surface area (Å²) < 4.78 is 0. The Balaban J connectivity index is 3.48. The van der Waals surface area contributed by atoms with Gasteiger partial charge in [-0.1, -0.05) is 275 Å². The molecule has 0 heterocycles. The van der Waals surface area contributed by atoms with Crippen LogP contribution < -0.4 is 5.32 Å². The van der Waals surface area contributed by atoms with Gasteiger partial charge in [-0.3, -0.25) is 4.79 Å². The molecule has 0 aromatic carbocycles. The molecule has 0 spiro atoms. The van der Waals surface area contributed by atoms with Gasteiger partial charge >= 0.3 is 0 Å². The van der Waals surface area contributed by atoms with Gasteiger partial charge in [0.05, 0.1) is 18.8 Å². The van der Waals surface area contributed by atoms with E-state index >= 15 is 0 Å². The summed E-state index contributed by atoms with van der Waals surface area (Å²) in [5.41, 5.74) is 0. The first-order valence-corrected chi connectivity index (χ1v) is 27.2. The molecule has 2 unspecified atom stereocenters. The molecule has 3 N–H and O–H groups in total. The molecule has 0 aliphatic carbocycles. The Kier molecular flexibility index (Phi) is 50.8. The van der Waals surface area contributed by atoms with E-state index in [1.807, 2.05) is 0 Å². The first-order valence-electron chi connectivity index (χ1n) is 27.2. The van der Waals surface area contributed by atoms with E-state index in [4.69, 9.17) is 0 Å². The van der Waals surface area contributed by atoms with Crippen LogP contribution in [0.15, 0.2) is 36.5 Å². The van der Waals surface area contributed by atoms with Crippen LogP contribution in [0.2, 0.25) is 0 Å². The molecule has 0 bridgehead atoms. The van der Waals surface area contributed by atoms with E-state index in [9.17, 15) is 15.0 Å². The van der Waals surface area contributed by atoms with Gasteiger partial charge in [-0.15, -0.1) is 0 Å². The Morgan fingerprint density at radius 1 is 0.400 bits per heavy atom. The van der Waals surface area contributed by atoms with Gasteiger partial charge in [-0.05, 0) is 51.4 Å². The summed E-state index contributed by atoms with van der Waals surface area (Å²) in [5.74, 6) is -0.0354. The smallest absolute Gasteiger partial charge is 0.220 e. The SMILES string of the molecule is CCCCCCC/C=C\C/C=C\C/C=C\CCCCCCCCCCC(=O)NC(CO)C(O)CCCCCCCCCCCCCCCCCCCCCCCCCCC. The number of carbonyl (C=O) groups is 1. The minimum atomic E-state index is -0.664. The summed E-state index contributed by atoms with van der Waals surface area (Å²) in [6.07, 6.45) is 69.7. The zero-order valence-corrected chi connectivity index (χ0v) is 40.7. The topological polar surface area (TPSA) is 69.6 Å². The number of aliphatic hydroxyl groups is 2.